The van der Waals surface area contributed by atoms with Gasteiger partial charge in [-0.3, -0.25) is 4.90 Å². The molecule has 0 bridgehead atoms. The van der Waals surface area contributed by atoms with Crippen LogP contribution < -0.4 is 0 Å². The van der Waals surface area contributed by atoms with Crippen LogP contribution in [0.2, 0.25) is 0 Å². The van der Waals surface area contributed by atoms with Crippen molar-refractivity contribution in [3.63, 3.8) is 0 Å². The minimum atomic E-state index is -1.22. The number of nitrogens with zero attached hydrogens (tertiary/aromatic N) is 1. The van der Waals surface area contributed by atoms with E-state index < -0.39 is 11.8 Å². The van der Waals surface area contributed by atoms with E-state index >= 15 is 0 Å². The SMILES string of the molecule is O=C(O)c1ccc(CN2CCCCC2)cc1F. The molecule has 0 saturated carbocycles. The van der Waals surface area contributed by atoms with Crippen molar-refractivity contribution in [3.05, 3.63) is 35.1 Å². The second-order valence-electron chi connectivity index (χ2n) is 4.46. The predicted molar refractivity (Wildman–Crippen MR) is 62.5 cm³/mol. The van der Waals surface area contributed by atoms with Gasteiger partial charge in [0.1, 0.15) is 5.82 Å². The maximum atomic E-state index is 13.5. The number of carboxylic acid groups (broad SMARTS) is 1. The smallest absolute Gasteiger partial charge is 0.338 e. The molecule has 92 valence electrons. The summed E-state index contributed by atoms with van der Waals surface area (Å²) in [6.45, 7) is 2.79. The molecule has 2 rings (SSSR count). The standard InChI is InChI=1S/C13H16FNO2/c14-12-8-10(4-5-11(12)13(16)17)9-15-6-2-1-3-7-15/h4-5,8H,1-3,6-7,9H2,(H,16,17). The van der Waals surface area contributed by atoms with E-state index in [1.165, 1.54) is 31.4 Å². The van der Waals surface area contributed by atoms with E-state index in [-0.39, 0.29) is 5.56 Å². The van der Waals surface area contributed by atoms with Crippen molar-refractivity contribution in [3.8, 4) is 0 Å². The molecule has 1 aromatic carbocycles. The molecule has 0 amide bonds. The zero-order valence-electron chi connectivity index (χ0n) is 9.66. The predicted octanol–water partition coefficient (Wildman–Crippen LogP) is 2.51. The van der Waals surface area contributed by atoms with Crippen LogP contribution in [0.5, 0.6) is 0 Å². The molecule has 1 heterocycles. The highest BCUT2D eigenvalue weighted by atomic mass is 19.1. The Morgan fingerprint density at radius 2 is 2.00 bits per heavy atom. The van der Waals surface area contributed by atoms with E-state index in [0.29, 0.717) is 6.54 Å². The molecule has 0 atom stereocenters. The number of carboxylic acids is 1. The summed E-state index contributed by atoms with van der Waals surface area (Å²) in [5.74, 6) is -1.86. The van der Waals surface area contributed by atoms with Gasteiger partial charge in [0.25, 0.3) is 0 Å². The van der Waals surface area contributed by atoms with Crippen LogP contribution >= 0.6 is 0 Å². The number of rotatable bonds is 3. The van der Waals surface area contributed by atoms with Gasteiger partial charge in [-0.2, -0.15) is 0 Å². The first-order chi connectivity index (χ1) is 8.16. The lowest BCUT2D eigenvalue weighted by Crippen LogP contribution is -2.29. The second kappa shape index (κ2) is 5.27. The topological polar surface area (TPSA) is 40.5 Å². The largest absolute Gasteiger partial charge is 0.478 e. The average Bonchev–Trinajstić information content (AvgIpc) is 2.30. The van der Waals surface area contributed by atoms with Crippen molar-refractivity contribution < 1.29 is 14.3 Å². The number of carbonyl (C=O) groups is 1. The fourth-order valence-electron chi connectivity index (χ4n) is 2.21. The molecule has 3 nitrogen and oxygen atoms in total. The quantitative estimate of drug-likeness (QED) is 0.878. The summed E-state index contributed by atoms with van der Waals surface area (Å²) in [6.07, 6.45) is 3.65. The van der Waals surface area contributed by atoms with Gasteiger partial charge >= 0.3 is 5.97 Å². The normalized spacial score (nSPS) is 17.0. The number of benzene rings is 1. The molecule has 1 aliphatic heterocycles. The van der Waals surface area contributed by atoms with Crippen LogP contribution in [0.15, 0.2) is 18.2 Å². The summed E-state index contributed by atoms with van der Waals surface area (Å²) in [7, 11) is 0. The Morgan fingerprint density at radius 3 is 2.59 bits per heavy atom. The second-order valence-corrected chi connectivity index (χ2v) is 4.46. The first kappa shape index (κ1) is 12.0. The van der Waals surface area contributed by atoms with E-state index in [0.717, 1.165) is 18.7 Å². The van der Waals surface area contributed by atoms with Crippen LogP contribution in [0.25, 0.3) is 0 Å². The molecule has 1 aliphatic rings. The summed E-state index contributed by atoms with van der Waals surface area (Å²) in [6, 6.07) is 4.37. The number of hydrogen-bond acceptors (Lipinski definition) is 2. The third-order valence-corrected chi connectivity index (χ3v) is 3.12. The Kier molecular flexibility index (Phi) is 3.74. The highest BCUT2D eigenvalue weighted by Crippen LogP contribution is 2.15. The Labute approximate surface area is 99.9 Å². The molecule has 1 aromatic rings. The zero-order valence-corrected chi connectivity index (χ0v) is 9.66. The minimum absolute atomic E-state index is 0.257. The lowest BCUT2D eigenvalue weighted by Gasteiger charge is -2.26. The van der Waals surface area contributed by atoms with Crippen LogP contribution in [-0.4, -0.2) is 29.1 Å². The number of piperidine rings is 1. The molecule has 0 spiro atoms. The fourth-order valence-corrected chi connectivity index (χ4v) is 2.21. The Bertz CT molecular complexity index is 414. The highest BCUT2D eigenvalue weighted by molar-refractivity contribution is 5.87. The molecule has 0 aliphatic carbocycles. The van der Waals surface area contributed by atoms with Crippen LogP contribution in [0.4, 0.5) is 4.39 Å². The number of halogens is 1. The Balaban J connectivity index is 2.06. The third-order valence-electron chi connectivity index (χ3n) is 3.12. The fraction of sp³-hybridized carbons (Fsp3) is 0.462. The van der Waals surface area contributed by atoms with Gasteiger partial charge in [0.05, 0.1) is 5.56 Å². The number of hydrogen-bond donors (Lipinski definition) is 1. The maximum absolute atomic E-state index is 13.5. The van der Waals surface area contributed by atoms with E-state index in [9.17, 15) is 9.18 Å². The van der Waals surface area contributed by atoms with Crippen molar-refractivity contribution in [2.45, 2.75) is 25.8 Å². The molecule has 17 heavy (non-hydrogen) atoms. The molecule has 4 heteroatoms. The van der Waals surface area contributed by atoms with E-state index in [4.69, 9.17) is 5.11 Å². The van der Waals surface area contributed by atoms with Crippen LogP contribution in [0.3, 0.4) is 0 Å². The van der Waals surface area contributed by atoms with Gasteiger partial charge in [-0.1, -0.05) is 12.5 Å². The Hall–Kier alpha value is -1.42. The van der Waals surface area contributed by atoms with Crippen LogP contribution in [-0.2, 0) is 6.54 Å². The number of aromatic carboxylic acids is 1. The summed E-state index contributed by atoms with van der Waals surface area (Å²) in [5.41, 5.74) is 0.585. The van der Waals surface area contributed by atoms with E-state index in [1.807, 2.05) is 0 Å². The van der Waals surface area contributed by atoms with Crippen molar-refractivity contribution in [2.24, 2.45) is 0 Å². The monoisotopic (exact) mass is 237 g/mol. The summed E-state index contributed by atoms with van der Waals surface area (Å²) in [4.78, 5) is 12.9. The molecule has 0 aromatic heterocycles. The van der Waals surface area contributed by atoms with Gasteiger partial charge in [0.15, 0.2) is 0 Å². The van der Waals surface area contributed by atoms with Gasteiger partial charge in [-0.25, -0.2) is 9.18 Å². The lowest BCUT2D eigenvalue weighted by atomic mass is 10.1. The molecule has 1 saturated heterocycles. The summed E-state index contributed by atoms with van der Waals surface area (Å²) < 4.78 is 13.5. The van der Waals surface area contributed by atoms with Gasteiger partial charge in [0, 0.05) is 6.54 Å². The lowest BCUT2D eigenvalue weighted by molar-refractivity contribution is 0.0692. The van der Waals surface area contributed by atoms with Crippen molar-refractivity contribution in [1.29, 1.82) is 0 Å². The molecule has 0 radical (unpaired) electrons. The molecule has 1 fully saturated rings. The maximum Gasteiger partial charge on any atom is 0.338 e. The zero-order chi connectivity index (χ0) is 12.3. The van der Waals surface area contributed by atoms with E-state index in [2.05, 4.69) is 4.90 Å². The van der Waals surface area contributed by atoms with Crippen LogP contribution in [0.1, 0.15) is 35.2 Å². The molecular formula is C13H16FNO2. The molecule has 0 unspecified atom stereocenters. The average molecular weight is 237 g/mol. The van der Waals surface area contributed by atoms with Gasteiger partial charge < -0.3 is 5.11 Å². The number of likely N-dealkylation sites (tertiary alicyclic amines) is 1. The Morgan fingerprint density at radius 1 is 1.29 bits per heavy atom. The molecule has 1 N–H and O–H groups in total. The summed E-state index contributed by atoms with van der Waals surface area (Å²) >= 11 is 0. The first-order valence-electron chi connectivity index (χ1n) is 5.91. The van der Waals surface area contributed by atoms with Crippen LogP contribution in [0, 0.1) is 5.82 Å². The van der Waals surface area contributed by atoms with Gasteiger partial charge in [0.2, 0.25) is 0 Å². The first-order valence-corrected chi connectivity index (χ1v) is 5.91. The van der Waals surface area contributed by atoms with Crippen molar-refractivity contribution >= 4 is 5.97 Å². The summed E-state index contributed by atoms with van der Waals surface area (Å²) in [5, 5.41) is 8.73. The van der Waals surface area contributed by atoms with Crippen molar-refractivity contribution in [2.75, 3.05) is 13.1 Å². The van der Waals surface area contributed by atoms with Gasteiger partial charge in [-0.15, -0.1) is 0 Å². The minimum Gasteiger partial charge on any atom is -0.478 e. The molecular weight excluding hydrogens is 221 g/mol. The highest BCUT2D eigenvalue weighted by Gasteiger charge is 2.13. The van der Waals surface area contributed by atoms with Crippen molar-refractivity contribution in [1.82, 2.24) is 4.90 Å². The van der Waals surface area contributed by atoms with E-state index in [1.54, 1.807) is 6.07 Å². The third kappa shape index (κ3) is 3.03. The van der Waals surface area contributed by atoms with Gasteiger partial charge in [-0.05, 0) is 43.6 Å².